The lowest BCUT2D eigenvalue weighted by atomic mass is 10.2. The molecule has 118 valence electrons. The number of nitrogens with two attached hydrogens (primary N) is 1. The predicted octanol–water partition coefficient (Wildman–Crippen LogP) is 1.72. The number of aliphatic hydroxyl groups is 1. The molecule has 1 aromatic heterocycles. The largest absolute Gasteiger partial charge is 0.433 e. The zero-order valence-corrected chi connectivity index (χ0v) is 12.3. The minimum Gasteiger partial charge on any atom is -0.395 e. The minimum absolute atomic E-state index is 0.132. The monoisotopic (exact) mass is 323 g/mol. The third kappa shape index (κ3) is 4.50. The molecule has 1 heterocycles. The van der Waals surface area contributed by atoms with Crippen LogP contribution in [0.5, 0.6) is 0 Å². The summed E-state index contributed by atoms with van der Waals surface area (Å²) in [5.74, 6) is -1.12. The van der Waals surface area contributed by atoms with Crippen molar-refractivity contribution < 1.29 is 23.1 Å². The highest BCUT2D eigenvalue weighted by Gasteiger charge is 2.33. The maximum absolute atomic E-state index is 12.7. The van der Waals surface area contributed by atoms with Gasteiger partial charge in [0.1, 0.15) is 11.5 Å². The number of halogens is 3. The Morgan fingerprint density at radius 3 is 2.57 bits per heavy atom. The predicted molar refractivity (Wildman–Crippen MR) is 75.2 cm³/mol. The highest BCUT2D eigenvalue weighted by Crippen LogP contribution is 2.30. The molecule has 2 atom stereocenters. The number of nitrogens with zero attached hydrogens (tertiary/aromatic N) is 1. The molecule has 1 aromatic rings. The molecule has 4 N–H and O–H groups in total. The average molecular weight is 323 g/mol. The lowest BCUT2D eigenvalue weighted by Crippen LogP contribution is -2.32. The first-order valence-electron chi connectivity index (χ1n) is 5.99. The number of aliphatic hydroxyl groups excluding tert-OH is 1. The van der Waals surface area contributed by atoms with Gasteiger partial charge in [0.15, 0.2) is 0 Å². The van der Waals surface area contributed by atoms with Crippen LogP contribution in [0.1, 0.15) is 23.0 Å². The van der Waals surface area contributed by atoms with E-state index in [9.17, 15) is 23.1 Å². The molecule has 0 fully saturated rings. The van der Waals surface area contributed by atoms with Gasteiger partial charge in [0.25, 0.3) is 5.91 Å². The molecule has 0 radical (unpaired) electrons. The van der Waals surface area contributed by atoms with Gasteiger partial charge in [-0.3, -0.25) is 4.79 Å². The summed E-state index contributed by atoms with van der Waals surface area (Å²) in [4.78, 5) is 14.7. The Bertz CT molecular complexity index is 507. The van der Waals surface area contributed by atoms with E-state index in [1.165, 1.54) is 11.8 Å². The summed E-state index contributed by atoms with van der Waals surface area (Å²) in [6.45, 7) is 1.50. The van der Waals surface area contributed by atoms with Crippen molar-refractivity contribution in [2.24, 2.45) is 5.73 Å². The summed E-state index contributed by atoms with van der Waals surface area (Å²) >= 11 is 1.34. The van der Waals surface area contributed by atoms with Crippen LogP contribution in [-0.2, 0) is 6.18 Å². The molecule has 0 aliphatic carbocycles. The van der Waals surface area contributed by atoms with Crippen LogP contribution < -0.4 is 11.1 Å². The van der Waals surface area contributed by atoms with Crippen molar-refractivity contribution in [2.75, 3.05) is 18.2 Å². The standard InChI is InChI=1S/C12H16F3N3O2S/c1-6(8(5-19)21-2)17-11-7(10(16)20)3-4-9(18-11)12(13,14)15/h3-4,6,8,19H,5H2,1-2H3,(H2,16,20)(H,17,18). The van der Waals surface area contributed by atoms with Crippen molar-refractivity contribution in [1.29, 1.82) is 0 Å². The highest BCUT2D eigenvalue weighted by molar-refractivity contribution is 7.99. The maximum atomic E-state index is 12.7. The summed E-state index contributed by atoms with van der Waals surface area (Å²) in [7, 11) is 0. The zero-order chi connectivity index (χ0) is 16.2. The van der Waals surface area contributed by atoms with Gasteiger partial charge >= 0.3 is 6.18 Å². The van der Waals surface area contributed by atoms with E-state index in [1.54, 1.807) is 13.2 Å². The number of amides is 1. The van der Waals surface area contributed by atoms with E-state index in [-0.39, 0.29) is 23.2 Å². The molecule has 0 aromatic carbocycles. The number of aromatic nitrogens is 1. The number of anilines is 1. The van der Waals surface area contributed by atoms with Crippen LogP contribution in [0.25, 0.3) is 0 Å². The van der Waals surface area contributed by atoms with Crippen molar-refractivity contribution >= 4 is 23.5 Å². The van der Waals surface area contributed by atoms with Gasteiger partial charge in [-0.1, -0.05) is 0 Å². The summed E-state index contributed by atoms with van der Waals surface area (Å²) in [5.41, 5.74) is 3.89. The van der Waals surface area contributed by atoms with Crippen LogP contribution in [0.3, 0.4) is 0 Å². The fourth-order valence-electron chi connectivity index (χ4n) is 1.67. The van der Waals surface area contributed by atoms with Crippen LogP contribution in [0, 0.1) is 0 Å². The van der Waals surface area contributed by atoms with Gasteiger partial charge in [0.05, 0.1) is 12.2 Å². The van der Waals surface area contributed by atoms with Crippen LogP contribution in [0.2, 0.25) is 0 Å². The third-order valence-corrected chi connectivity index (χ3v) is 4.02. The first-order chi connectivity index (χ1) is 9.70. The van der Waals surface area contributed by atoms with Gasteiger partial charge in [-0.2, -0.15) is 24.9 Å². The molecule has 5 nitrogen and oxygen atoms in total. The van der Waals surface area contributed by atoms with Crippen LogP contribution >= 0.6 is 11.8 Å². The Hall–Kier alpha value is -1.48. The maximum Gasteiger partial charge on any atom is 0.433 e. The molecule has 0 saturated carbocycles. The number of primary amides is 1. The second-order valence-electron chi connectivity index (χ2n) is 4.34. The van der Waals surface area contributed by atoms with Crippen molar-refractivity contribution in [3.8, 4) is 0 Å². The van der Waals surface area contributed by atoms with E-state index in [0.717, 1.165) is 6.07 Å². The Morgan fingerprint density at radius 2 is 2.14 bits per heavy atom. The molecular formula is C12H16F3N3O2S. The second-order valence-corrected chi connectivity index (χ2v) is 5.42. The molecule has 9 heteroatoms. The first-order valence-corrected chi connectivity index (χ1v) is 7.27. The van der Waals surface area contributed by atoms with Crippen LogP contribution in [-0.4, -0.2) is 40.2 Å². The van der Waals surface area contributed by atoms with Crippen LogP contribution in [0.15, 0.2) is 12.1 Å². The molecule has 0 aliphatic heterocycles. The molecular weight excluding hydrogens is 307 g/mol. The van der Waals surface area contributed by atoms with Crippen molar-refractivity contribution in [3.05, 3.63) is 23.4 Å². The van der Waals surface area contributed by atoms with Crippen molar-refractivity contribution in [2.45, 2.75) is 24.4 Å². The van der Waals surface area contributed by atoms with Crippen LogP contribution in [0.4, 0.5) is 19.0 Å². The number of rotatable bonds is 6. The number of hydrogen-bond acceptors (Lipinski definition) is 5. The first kappa shape index (κ1) is 17.6. The molecule has 0 spiro atoms. The lowest BCUT2D eigenvalue weighted by Gasteiger charge is -2.23. The third-order valence-electron chi connectivity index (χ3n) is 2.86. The highest BCUT2D eigenvalue weighted by atomic mass is 32.2. The Kier molecular flexibility index (Phi) is 5.85. The topological polar surface area (TPSA) is 88.2 Å². The smallest absolute Gasteiger partial charge is 0.395 e. The molecule has 1 amide bonds. The van der Waals surface area contributed by atoms with Gasteiger partial charge in [-0.15, -0.1) is 0 Å². The van der Waals surface area contributed by atoms with E-state index in [4.69, 9.17) is 5.73 Å². The number of nitrogens with one attached hydrogen (secondary N) is 1. The fourth-order valence-corrected chi connectivity index (χ4v) is 2.30. The molecule has 21 heavy (non-hydrogen) atoms. The van der Waals surface area contributed by atoms with E-state index >= 15 is 0 Å². The van der Waals surface area contributed by atoms with E-state index in [1.807, 2.05) is 0 Å². The van der Waals surface area contributed by atoms with Gasteiger partial charge < -0.3 is 16.2 Å². The summed E-state index contributed by atoms with van der Waals surface area (Å²) in [6.07, 6.45) is -2.86. The normalized spacial score (nSPS) is 14.6. The number of alkyl halides is 3. The van der Waals surface area contributed by atoms with Gasteiger partial charge in [0, 0.05) is 11.3 Å². The number of carbonyl (C=O) groups is 1. The fraction of sp³-hybridized carbons (Fsp3) is 0.500. The quantitative estimate of drug-likeness (QED) is 0.742. The summed E-state index contributed by atoms with van der Waals surface area (Å²) < 4.78 is 38.0. The van der Waals surface area contributed by atoms with Crippen molar-refractivity contribution in [3.63, 3.8) is 0 Å². The molecule has 1 rings (SSSR count). The molecule has 2 unspecified atom stereocenters. The van der Waals surface area contributed by atoms with Gasteiger partial charge in [-0.25, -0.2) is 4.98 Å². The lowest BCUT2D eigenvalue weighted by molar-refractivity contribution is -0.141. The Morgan fingerprint density at radius 1 is 1.52 bits per heavy atom. The number of carbonyl (C=O) groups excluding carboxylic acids is 1. The summed E-state index contributed by atoms with van der Waals surface area (Å²) in [6, 6.07) is 1.29. The number of hydrogen-bond donors (Lipinski definition) is 3. The Balaban J connectivity index is 3.15. The summed E-state index contributed by atoms with van der Waals surface area (Å²) in [5, 5.41) is 11.6. The Labute approximate surface area is 124 Å². The SMILES string of the molecule is CSC(CO)C(C)Nc1nc(C(F)(F)F)ccc1C(N)=O. The van der Waals surface area contributed by atoms with Crippen molar-refractivity contribution in [1.82, 2.24) is 4.98 Å². The van der Waals surface area contributed by atoms with Gasteiger partial charge in [0.2, 0.25) is 0 Å². The average Bonchev–Trinajstić information content (AvgIpc) is 2.38. The molecule has 0 aliphatic rings. The number of pyridine rings is 1. The van der Waals surface area contributed by atoms with E-state index in [0.29, 0.717) is 6.07 Å². The number of thioether (sulfide) groups is 1. The molecule has 0 saturated heterocycles. The minimum atomic E-state index is -4.62. The zero-order valence-electron chi connectivity index (χ0n) is 11.4. The van der Waals surface area contributed by atoms with E-state index in [2.05, 4.69) is 10.3 Å². The van der Waals surface area contributed by atoms with E-state index < -0.39 is 23.8 Å². The molecule has 0 bridgehead atoms. The second kappa shape index (κ2) is 6.99. The van der Waals surface area contributed by atoms with Gasteiger partial charge in [-0.05, 0) is 25.3 Å².